The van der Waals surface area contributed by atoms with E-state index in [2.05, 4.69) is 17.2 Å². The molecule has 0 aliphatic heterocycles. The summed E-state index contributed by atoms with van der Waals surface area (Å²) in [7, 11) is 0. The fraction of sp³-hybridized carbons (Fsp3) is 0.750. The van der Waals surface area contributed by atoms with Crippen molar-refractivity contribution in [3.63, 3.8) is 0 Å². The Morgan fingerprint density at radius 1 is 1.25 bits per heavy atom. The molecule has 0 spiro atoms. The van der Waals surface area contributed by atoms with Gasteiger partial charge in [0.05, 0.1) is 0 Å². The summed E-state index contributed by atoms with van der Waals surface area (Å²) in [5.41, 5.74) is 1.00. The second-order valence-electron chi connectivity index (χ2n) is 4.12. The van der Waals surface area contributed by atoms with Gasteiger partial charge in [-0.3, -0.25) is 4.79 Å². The van der Waals surface area contributed by atoms with Gasteiger partial charge in [-0.2, -0.15) is 0 Å². The largest absolute Gasteiger partial charge is 0.315 e. The fourth-order valence-electron chi connectivity index (χ4n) is 1.65. The normalized spacial score (nSPS) is 10.8. The smallest absolute Gasteiger partial charge is 0.304 e. The van der Waals surface area contributed by atoms with Crippen LogP contribution in [0.4, 0.5) is 0 Å². The maximum Gasteiger partial charge on any atom is 0.304 e. The van der Waals surface area contributed by atoms with E-state index in [1.54, 1.807) is 0 Å². The van der Waals surface area contributed by atoms with Gasteiger partial charge in [-0.25, -0.2) is 0 Å². The van der Waals surface area contributed by atoms with Crippen LogP contribution in [0.3, 0.4) is 0 Å². The van der Waals surface area contributed by atoms with Crippen LogP contribution in [0.5, 0.6) is 0 Å². The molecular weight excluding hydrogens is 220 g/mol. The van der Waals surface area contributed by atoms with Crippen LogP contribution in [0.25, 0.3) is 0 Å². The topological polar surface area (TPSA) is 44.9 Å². The summed E-state index contributed by atoms with van der Waals surface area (Å²) in [5, 5.41) is 5.23. The van der Waals surface area contributed by atoms with E-state index in [0.717, 1.165) is 18.8 Å². The molecule has 1 aromatic heterocycles. The first-order valence-corrected chi connectivity index (χ1v) is 7.08. The van der Waals surface area contributed by atoms with Crippen molar-refractivity contribution < 1.29 is 0 Å². The van der Waals surface area contributed by atoms with Gasteiger partial charge in [-0.1, -0.05) is 50.4 Å². The Kier molecular flexibility index (Phi) is 7.17. The van der Waals surface area contributed by atoms with Gasteiger partial charge in [-0.15, -0.1) is 0 Å². The standard InChI is InChI=1S/C12H22N2OS/c1-2-3-4-5-6-7-8-13-9-11-10-16-12(15)14-11/h10,13H,2-9H2,1H3,(H,14,15). The van der Waals surface area contributed by atoms with Crippen molar-refractivity contribution in [2.75, 3.05) is 6.54 Å². The lowest BCUT2D eigenvalue weighted by Gasteiger charge is -2.02. The summed E-state index contributed by atoms with van der Waals surface area (Å²) in [4.78, 5) is 13.7. The molecule has 1 rings (SSSR count). The number of rotatable bonds is 9. The first-order chi connectivity index (χ1) is 7.83. The van der Waals surface area contributed by atoms with Gasteiger partial charge < -0.3 is 10.3 Å². The number of thiazole rings is 1. The molecule has 0 bridgehead atoms. The maximum absolute atomic E-state index is 10.9. The minimum absolute atomic E-state index is 0.0383. The number of unbranched alkanes of at least 4 members (excludes halogenated alkanes) is 5. The lowest BCUT2D eigenvalue weighted by molar-refractivity contribution is 0.569. The molecule has 1 heterocycles. The first kappa shape index (κ1) is 13.5. The van der Waals surface area contributed by atoms with Crippen molar-refractivity contribution in [3.05, 3.63) is 20.7 Å². The first-order valence-electron chi connectivity index (χ1n) is 6.20. The van der Waals surface area contributed by atoms with E-state index >= 15 is 0 Å². The molecule has 0 saturated heterocycles. The van der Waals surface area contributed by atoms with E-state index in [1.807, 2.05) is 5.38 Å². The van der Waals surface area contributed by atoms with Crippen molar-refractivity contribution in [1.29, 1.82) is 0 Å². The molecule has 0 aromatic carbocycles. The number of aromatic nitrogens is 1. The molecule has 0 unspecified atom stereocenters. The van der Waals surface area contributed by atoms with Crippen LogP contribution in [0, 0.1) is 0 Å². The third kappa shape index (κ3) is 6.08. The summed E-state index contributed by atoms with van der Waals surface area (Å²) in [6.07, 6.45) is 7.94. The minimum atomic E-state index is 0.0383. The lowest BCUT2D eigenvalue weighted by atomic mass is 10.1. The Morgan fingerprint density at radius 2 is 2.00 bits per heavy atom. The van der Waals surface area contributed by atoms with Crippen LogP contribution >= 0.6 is 11.3 Å². The van der Waals surface area contributed by atoms with Crippen molar-refractivity contribution in [2.45, 2.75) is 52.0 Å². The monoisotopic (exact) mass is 242 g/mol. The summed E-state index contributed by atoms with van der Waals surface area (Å²) >= 11 is 1.23. The van der Waals surface area contributed by atoms with Gasteiger partial charge in [-0.05, 0) is 13.0 Å². The minimum Gasteiger partial charge on any atom is -0.315 e. The van der Waals surface area contributed by atoms with Gasteiger partial charge in [0.2, 0.25) is 0 Å². The molecule has 0 aliphatic carbocycles. The number of aromatic amines is 1. The third-order valence-corrected chi connectivity index (χ3v) is 3.31. The predicted octanol–water partition coefficient (Wildman–Crippen LogP) is 2.89. The van der Waals surface area contributed by atoms with E-state index in [9.17, 15) is 4.79 Å². The van der Waals surface area contributed by atoms with Gasteiger partial charge in [0.1, 0.15) is 0 Å². The lowest BCUT2D eigenvalue weighted by Crippen LogP contribution is -2.15. The number of hydrogen-bond donors (Lipinski definition) is 2. The second-order valence-corrected chi connectivity index (χ2v) is 4.96. The zero-order valence-electron chi connectivity index (χ0n) is 10.1. The van der Waals surface area contributed by atoms with Crippen molar-refractivity contribution in [2.24, 2.45) is 0 Å². The summed E-state index contributed by atoms with van der Waals surface area (Å²) in [6.45, 7) is 4.07. The van der Waals surface area contributed by atoms with Crippen molar-refractivity contribution in [1.82, 2.24) is 10.3 Å². The van der Waals surface area contributed by atoms with Crippen molar-refractivity contribution >= 4 is 11.3 Å². The number of hydrogen-bond acceptors (Lipinski definition) is 3. The molecule has 4 heteroatoms. The van der Waals surface area contributed by atoms with Crippen LogP contribution in [-0.4, -0.2) is 11.5 Å². The maximum atomic E-state index is 10.9. The Morgan fingerprint density at radius 3 is 2.69 bits per heavy atom. The molecule has 92 valence electrons. The highest BCUT2D eigenvalue weighted by atomic mass is 32.1. The van der Waals surface area contributed by atoms with Crippen LogP contribution < -0.4 is 10.2 Å². The molecule has 0 aliphatic rings. The molecule has 0 fully saturated rings. The molecule has 0 saturated carbocycles. The van der Waals surface area contributed by atoms with Gasteiger partial charge >= 0.3 is 4.87 Å². The quantitative estimate of drug-likeness (QED) is 0.654. The Bertz CT molecular complexity index is 319. The summed E-state index contributed by atoms with van der Waals surface area (Å²) in [6, 6.07) is 0. The van der Waals surface area contributed by atoms with E-state index in [1.165, 1.54) is 49.9 Å². The SMILES string of the molecule is CCCCCCCCNCc1csc(=O)[nH]1. The van der Waals surface area contributed by atoms with Crippen LogP contribution in [0.15, 0.2) is 10.2 Å². The van der Waals surface area contributed by atoms with Crippen LogP contribution in [0.1, 0.15) is 51.1 Å². The van der Waals surface area contributed by atoms with E-state index in [0.29, 0.717) is 0 Å². The predicted molar refractivity (Wildman–Crippen MR) is 70.0 cm³/mol. The highest BCUT2D eigenvalue weighted by Crippen LogP contribution is 2.04. The van der Waals surface area contributed by atoms with Gasteiger partial charge in [0.15, 0.2) is 0 Å². The molecule has 0 radical (unpaired) electrons. The number of H-pyrrole nitrogens is 1. The van der Waals surface area contributed by atoms with Gasteiger partial charge in [0, 0.05) is 17.6 Å². The fourth-order valence-corrected chi connectivity index (χ4v) is 2.24. The Labute approximate surface area is 101 Å². The summed E-state index contributed by atoms with van der Waals surface area (Å²) < 4.78 is 0. The van der Waals surface area contributed by atoms with E-state index in [-0.39, 0.29) is 4.87 Å². The highest BCUT2D eigenvalue weighted by Gasteiger charge is 1.95. The highest BCUT2D eigenvalue weighted by molar-refractivity contribution is 7.07. The second kappa shape index (κ2) is 8.53. The zero-order chi connectivity index (χ0) is 11.6. The molecular formula is C12H22N2OS. The Balaban J connectivity index is 1.90. The third-order valence-electron chi connectivity index (χ3n) is 2.59. The zero-order valence-corrected chi connectivity index (χ0v) is 10.9. The summed E-state index contributed by atoms with van der Waals surface area (Å²) in [5.74, 6) is 0. The van der Waals surface area contributed by atoms with Crippen LogP contribution in [0.2, 0.25) is 0 Å². The molecule has 0 atom stereocenters. The van der Waals surface area contributed by atoms with Crippen molar-refractivity contribution in [3.8, 4) is 0 Å². The number of nitrogens with one attached hydrogen (secondary N) is 2. The molecule has 2 N–H and O–H groups in total. The average molecular weight is 242 g/mol. The molecule has 1 aromatic rings. The van der Waals surface area contributed by atoms with Crippen LogP contribution in [-0.2, 0) is 6.54 Å². The Hall–Kier alpha value is -0.610. The molecule has 0 amide bonds. The van der Waals surface area contributed by atoms with Gasteiger partial charge in [0.25, 0.3) is 0 Å². The molecule has 3 nitrogen and oxygen atoms in total. The van der Waals surface area contributed by atoms with E-state index < -0.39 is 0 Å². The molecule has 16 heavy (non-hydrogen) atoms. The average Bonchev–Trinajstić information content (AvgIpc) is 2.68. The van der Waals surface area contributed by atoms with E-state index in [4.69, 9.17) is 0 Å².